The summed E-state index contributed by atoms with van der Waals surface area (Å²) in [6, 6.07) is 15.1. The van der Waals surface area contributed by atoms with E-state index in [1.165, 1.54) is 0 Å². The fourth-order valence-electron chi connectivity index (χ4n) is 3.35. The summed E-state index contributed by atoms with van der Waals surface area (Å²) in [4.78, 5) is 12.6. The molecular formula is C21H21N3O4S. The van der Waals surface area contributed by atoms with Crippen LogP contribution < -0.4 is 10.1 Å². The summed E-state index contributed by atoms with van der Waals surface area (Å²) in [5.41, 5.74) is 3.73. The van der Waals surface area contributed by atoms with Crippen molar-refractivity contribution in [3.63, 3.8) is 0 Å². The highest BCUT2D eigenvalue weighted by Gasteiger charge is 2.33. The van der Waals surface area contributed by atoms with Gasteiger partial charge in [-0.2, -0.15) is 5.10 Å². The Bertz CT molecular complexity index is 1200. The van der Waals surface area contributed by atoms with Gasteiger partial charge in [0.25, 0.3) is 5.91 Å². The first-order valence-electron chi connectivity index (χ1n) is 9.19. The molecule has 0 aliphatic carbocycles. The molecule has 0 bridgehead atoms. The molecule has 29 heavy (non-hydrogen) atoms. The van der Waals surface area contributed by atoms with Crippen LogP contribution in [-0.2, 0) is 26.1 Å². The molecular weight excluding hydrogens is 390 g/mol. The number of fused-ring (bicyclic) bond motifs is 1. The highest BCUT2D eigenvalue weighted by molar-refractivity contribution is 7.90. The number of aryl methyl sites for hydroxylation is 2. The second kappa shape index (κ2) is 7.36. The first-order chi connectivity index (χ1) is 13.8. The molecule has 0 atom stereocenters. The molecule has 8 heteroatoms. The highest BCUT2D eigenvalue weighted by Crippen LogP contribution is 2.33. The van der Waals surface area contributed by atoms with Crippen molar-refractivity contribution in [1.29, 1.82) is 0 Å². The lowest BCUT2D eigenvalue weighted by atomic mass is 10.2. The molecule has 2 aromatic carbocycles. The topological polar surface area (TPSA) is 90.3 Å². The molecule has 1 aromatic heterocycles. The van der Waals surface area contributed by atoms with Gasteiger partial charge < -0.3 is 10.1 Å². The van der Waals surface area contributed by atoms with Crippen LogP contribution in [0.1, 0.15) is 22.4 Å². The second-order valence-corrected chi connectivity index (χ2v) is 9.22. The van der Waals surface area contributed by atoms with Gasteiger partial charge in [0.05, 0.1) is 22.9 Å². The number of para-hydroxylation sites is 1. The number of hydrogen-bond acceptors (Lipinski definition) is 5. The van der Waals surface area contributed by atoms with Gasteiger partial charge in [0.15, 0.2) is 16.4 Å². The van der Waals surface area contributed by atoms with E-state index in [1.54, 1.807) is 10.7 Å². The van der Waals surface area contributed by atoms with Crippen molar-refractivity contribution in [3.05, 3.63) is 70.9 Å². The van der Waals surface area contributed by atoms with Crippen molar-refractivity contribution in [3.8, 4) is 11.4 Å². The number of aromatic nitrogens is 2. The maximum absolute atomic E-state index is 12.6. The lowest BCUT2D eigenvalue weighted by Gasteiger charge is -2.13. The molecule has 0 unspecified atom stereocenters. The largest absolute Gasteiger partial charge is 0.483 e. The third-order valence-electron chi connectivity index (χ3n) is 4.74. The molecule has 1 N–H and O–H groups in total. The minimum atomic E-state index is -3.25. The van der Waals surface area contributed by atoms with Crippen LogP contribution in [0.2, 0.25) is 0 Å². The van der Waals surface area contributed by atoms with Gasteiger partial charge in [0, 0.05) is 5.56 Å². The summed E-state index contributed by atoms with van der Waals surface area (Å²) < 4.78 is 31.3. The molecule has 1 aliphatic heterocycles. The number of ether oxygens (including phenoxy) is 1. The van der Waals surface area contributed by atoms with Gasteiger partial charge in [-0.1, -0.05) is 30.3 Å². The highest BCUT2D eigenvalue weighted by atomic mass is 32.2. The van der Waals surface area contributed by atoms with Gasteiger partial charge in [-0.05, 0) is 43.2 Å². The maximum Gasteiger partial charge on any atom is 0.263 e. The van der Waals surface area contributed by atoms with Gasteiger partial charge in [0.1, 0.15) is 11.6 Å². The van der Waals surface area contributed by atoms with Crippen molar-refractivity contribution in [2.24, 2.45) is 0 Å². The number of carbonyl (C=O) groups excluding carboxylic acids is 1. The van der Waals surface area contributed by atoms with E-state index in [2.05, 4.69) is 10.4 Å². The Morgan fingerprint density at radius 1 is 1.14 bits per heavy atom. The fraction of sp³-hybridized carbons (Fsp3) is 0.238. The van der Waals surface area contributed by atoms with Crippen molar-refractivity contribution in [2.75, 3.05) is 11.9 Å². The summed E-state index contributed by atoms with van der Waals surface area (Å²) in [6.45, 7) is 3.67. The Hall–Kier alpha value is -3.13. The lowest BCUT2D eigenvalue weighted by Crippen LogP contribution is -2.23. The third kappa shape index (κ3) is 4.02. The number of rotatable bonds is 5. The number of sulfone groups is 1. The van der Waals surface area contributed by atoms with Crippen molar-refractivity contribution >= 4 is 21.6 Å². The van der Waals surface area contributed by atoms with Crippen molar-refractivity contribution in [2.45, 2.75) is 25.4 Å². The number of carbonyl (C=O) groups is 1. The zero-order valence-electron chi connectivity index (χ0n) is 16.2. The van der Waals surface area contributed by atoms with E-state index >= 15 is 0 Å². The summed E-state index contributed by atoms with van der Waals surface area (Å²) >= 11 is 0. The smallest absolute Gasteiger partial charge is 0.263 e. The lowest BCUT2D eigenvalue weighted by molar-refractivity contribution is -0.118. The molecule has 1 aliphatic rings. The van der Waals surface area contributed by atoms with Crippen molar-refractivity contribution in [1.82, 2.24) is 9.78 Å². The van der Waals surface area contributed by atoms with Crippen LogP contribution in [0, 0.1) is 13.8 Å². The third-order valence-corrected chi connectivity index (χ3v) is 6.19. The van der Waals surface area contributed by atoms with Crippen LogP contribution in [0.15, 0.2) is 48.5 Å². The molecule has 0 saturated carbocycles. The Morgan fingerprint density at radius 2 is 1.93 bits per heavy atom. The average molecular weight is 411 g/mol. The first-order valence-corrected chi connectivity index (χ1v) is 11.0. The van der Waals surface area contributed by atoms with Crippen LogP contribution in [0.5, 0.6) is 5.75 Å². The van der Waals surface area contributed by atoms with E-state index in [4.69, 9.17) is 4.74 Å². The zero-order valence-corrected chi connectivity index (χ0v) is 17.0. The number of amides is 1. The first kappa shape index (κ1) is 19.2. The Labute approximate surface area is 169 Å². The number of hydrogen-bond donors (Lipinski definition) is 1. The summed E-state index contributed by atoms with van der Waals surface area (Å²) in [6.07, 6.45) is 0. The number of nitrogens with one attached hydrogen (secondary N) is 1. The molecule has 0 spiro atoms. The van der Waals surface area contributed by atoms with E-state index in [0.717, 1.165) is 16.8 Å². The van der Waals surface area contributed by atoms with Gasteiger partial charge in [-0.25, -0.2) is 13.1 Å². The van der Waals surface area contributed by atoms with Gasteiger partial charge in [0.2, 0.25) is 0 Å². The number of benzene rings is 2. The van der Waals surface area contributed by atoms with E-state index in [9.17, 15) is 13.2 Å². The quantitative estimate of drug-likeness (QED) is 0.697. The standard InChI is InChI=1S/C21H21N3O4S/c1-14-6-5-8-16(10-14)24-21(17-12-29(26,27)13-18(17)23-24)22-20(25)11-28-19-9-4-3-7-15(19)2/h3-10H,11-13H2,1-2H3,(H,22,25). The van der Waals surface area contributed by atoms with Gasteiger partial charge in [-0.3, -0.25) is 4.79 Å². The summed E-state index contributed by atoms with van der Waals surface area (Å²) in [5, 5.41) is 7.27. The predicted molar refractivity (Wildman–Crippen MR) is 110 cm³/mol. The molecule has 0 saturated heterocycles. The molecule has 0 radical (unpaired) electrons. The average Bonchev–Trinajstić information content (AvgIpc) is 3.14. The molecule has 3 aromatic rings. The number of nitrogens with zero attached hydrogens (tertiary/aromatic N) is 2. The predicted octanol–water partition coefficient (Wildman–Crippen LogP) is 2.94. The Balaban J connectivity index is 1.62. The van der Waals surface area contributed by atoms with Crippen LogP contribution in [-0.4, -0.2) is 30.7 Å². The summed E-state index contributed by atoms with van der Waals surface area (Å²) in [5.74, 6) is 0.369. The van der Waals surface area contributed by atoms with Gasteiger partial charge >= 0.3 is 0 Å². The second-order valence-electron chi connectivity index (χ2n) is 7.16. The molecule has 4 rings (SSSR count). The molecule has 150 valence electrons. The summed E-state index contributed by atoms with van der Waals surface area (Å²) in [7, 11) is -3.25. The van der Waals surface area contributed by atoms with E-state index in [0.29, 0.717) is 22.8 Å². The Morgan fingerprint density at radius 3 is 2.69 bits per heavy atom. The minimum Gasteiger partial charge on any atom is -0.483 e. The van der Waals surface area contributed by atoms with Crippen LogP contribution >= 0.6 is 0 Å². The van der Waals surface area contributed by atoms with E-state index in [1.807, 2.05) is 56.3 Å². The van der Waals surface area contributed by atoms with E-state index < -0.39 is 9.84 Å². The van der Waals surface area contributed by atoms with Crippen LogP contribution in [0.4, 0.5) is 5.82 Å². The van der Waals surface area contributed by atoms with E-state index in [-0.39, 0.29) is 24.0 Å². The SMILES string of the molecule is Cc1cccc(-n2nc3c(c2NC(=O)COc2ccccc2C)CS(=O)(=O)C3)c1. The maximum atomic E-state index is 12.6. The molecule has 0 fully saturated rings. The van der Waals surface area contributed by atoms with Gasteiger partial charge in [-0.15, -0.1) is 0 Å². The normalized spacial score (nSPS) is 14.4. The number of anilines is 1. The zero-order chi connectivity index (χ0) is 20.6. The minimum absolute atomic E-state index is 0.121. The molecule has 7 nitrogen and oxygen atoms in total. The van der Waals surface area contributed by atoms with Crippen LogP contribution in [0.25, 0.3) is 5.69 Å². The molecule has 1 amide bonds. The monoisotopic (exact) mass is 411 g/mol. The fourth-order valence-corrected chi connectivity index (χ4v) is 4.84. The van der Waals surface area contributed by atoms with Crippen molar-refractivity contribution < 1.29 is 17.9 Å². The van der Waals surface area contributed by atoms with Crippen LogP contribution in [0.3, 0.4) is 0 Å². The Kier molecular flexibility index (Phi) is 4.87. The molecule has 2 heterocycles.